The highest BCUT2D eigenvalue weighted by molar-refractivity contribution is 7.10. The normalized spacial score (nSPS) is 13.4. The van der Waals surface area contributed by atoms with E-state index in [1.54, 1.807) is 17.4 Å². The lowest BCUT2D eigenvalue weighted by molar-refractivity contribution is -0.115. The van der Waals surface area contributed by atoms with Crippen LogP contribution in [0.3, 0.4) is 0 Å². The van der Waals surface area contributed by atoms with Crippen LogP contribution in [0.15, 0.2) is 35.7 Å². The summed E-state index contributed by atoms with van der Waals surface area (Å²) in [7, 11) is 3.80. The second-order valence-electron chi connectivity index (χ2n) is 6.18. The van der Waals surface area contributed by atoms with Gasteiger partial charge < -0.3 is 15.5 Å². The van der Waals surface area contributed by atoms with Gasteiger partial charge in [-0.05, 0) is 42.5 Å². The number of amides is 2. The van der Waals surface area contributed by atoms with Crippen LogP contribution in [0.1, 0.15) is 28.1 Å². The van der Waals surface area contributed by atoms with Gasteiger partial charge in [0.1, 0.15) is 0 Å². The van der Waals surface area contributed by atoms with Crippen LogP contribution in [-0.4, -0.2) is 32.0 Å². The largest absolute Gasteiger partial charge is 0.377 e. The molecule has 1 aromatic heterocycles. The number of nitrogens with one attached hydrogen (secondary N) is 2. The lowest BCUT2D eigenvalue weighted by Gasteiger charge is -2.18. The Bertz CT molecular complexity index is 737. The summed E-state index contributed by atoms with van der Waals surface area (Å²) in [6.45, 7) is 0. The SMILES string of the molecule is CN(C)c1ccc(NC(=O)Cc2cccs2)cc1C(=O)NC1CC1. The number of benzene rings is 1. The third-order valence-electron chi connectivity index (χ3n) is 3.83. The number of thiophene rings is 1. The Hall–Kier alpha value is -2.34. The van der Waals surface area contributed by atoms with Crippen LogP contribution in [0.2, 0.25) is 0 Å². The molecule has 1 aliphatic rings. The minimum absolute atomic E-state index is 0.0800. The monoisotopic (exact) mass is 343 g/mol. The van der Waals surface area contributed by atoms with Crippen molar-refractivity contribution >= 4 is 34.5 Å². The van der Waals surface area contributed by atoms with Crippen molar-refractivity contribution in [2.24, 2.45) is 0 Å². The van der Waals surface area contributed by atoms with Crippen LogP contribution in [0.5, 0.6) is 0 Å². The first-order valence-corrected chi connectivity index (χ1v) is 8.85. The molecule has 3 rings (SSSR count). The quantitative estimate of drug-likeness (QED) is 0.848. The molecule has 1 aliphatic carbocycles. The van der Waals surface area contributed by atoms with Gasteiger partial charge in [0.25, 0.3) is 5.91 Å². The van der Waals surface area contributed by atoms with Gasteiger partial charge in [-0.2, -0.15) is 0 Å². The van der Waals surface area contributed by atoms with Gasteiger partial charge in [-0.1, -0.05) is 6.07 Å². The Morgan fingerprint density at radius 1 is 1.25 bits per heavy atom. The first kappa shape index (κ1) is 16.5. The van der Waals surface area contributed by atoms with Crippen molar-refractivity contribution in [3.05, 3.63) is 46.2 Å². The van der Waals surface area contributed by atoms with Crippen molar-refractivity contribution < 1.29 is 9.59 Å². The zero-order chi connectivity index (χ0) is 17.1. The van der Waals surface area contributed by atoms with E-state index in [2.05, 4.69) is 10.6 Å². The Morgan fingerprint density at radius 2 is 2.04 bits per heavy atom. The Labute approximate surface area is 145 Å². The predicted octanol–water partition coefficient (Wildman–Crippen LogP) is 2.89. The fraction of sp³-hybridized carbons (Fsp3) is 0.333. The molecule has 1 aromatic carbocycles. The maximum atomic E-state index is 12.5. The van der Waals surface area contributed by atoms with Crippen molar-refractivity contribution in [3.8, 4) is 0 Å². The van der Waals surface area contributed by atoms with Crippen molar-refractivity contribution in [3.63, 3.8) is 0 Å². The fourth-order valence-corrected chi connectivity index (χ4v) is 3.16. The zero-order valence-corrected chi connectivity index (χ0v) is 14.7. The van der Waals surface area contributed by atoms with Crippen LogP contribution in [0, 0.1) is 0 Å². The van der Waals surface area contributed by atoms with Crippen molar-refractivity contribution in [1.29, 1.82) is 0 Å². The summed E-state index contributed by atoms with van der Waals surface area (Å²) in [5.41, 5.74) is 2.06. The van der Waals surface area contributed by atoms with Gasteiger partial charge in [-0.25, -0.2) is 0 Å². The molecule has 0 unspecified atom stereocenters. The molecule has 6 heteroatoms. The summed E-state index contributed by atoms with van der Waals surface area (Å²) in [4.78, 5) is 27.5. The standard InChI is InChI=1S/C18H21N3O2S/c1-21(2)16-8-7-13(10-15(16)18(23)20-12-5-6-12)19-17(22)11-14-4-3-9-24-14/h3-4,7-10,12H,5-6,11H2,1-2H3,(H,19,22)(H,20,23). The van der Waals surface area contributed by atoms with Gasteiger partial charge in [0, 0.05) is 36.4 Å². The van der Waals surface area contributed by atoms with E-state index in [4.69, 9.17) is 0 Å². The van der Waals surface area contributed by atoms with E-state index < -0.39 is 0 Å². The van der Waals surface area contributed by atoms with Gasteiger partial charge >= 0.3 is 0 Å². The van der Waals surface area contributed by atoms with Crippen LogP contribution in [0.25, 0.3) is 0 Å². The Morgan fingerprint density at radius 3 is 2.67 bits per heavy atom. The lowest BCUT2D eigenvalue weighted by Crippen LogP contribution is -2.27. The van der Waals surface area contributed by atoms with E-state index in [9.17, 15) is 9.59 Å². The van der Waals surface area contributed by atoms with Crippen molar-refractivity contribution in [2.75, 3.05) is 24.3 Å². The number of hydrogen-bond acceptors (Lipinski definition) is 4. The lowest BCUT2D eigenvalue weighted by atomic mass is 10.1. The maximum Gasteiger partial charge on any atom is 0.253 e. The first-order chi connectivity index (χ1) is 11.5. The molecule has 1 saturated carbocycles. The second-order valence-corrected chi connectivity index (χ2v) is 7.21. The highest BCUT2D eigenvalue weighted by atomic mass is 32.1. The smallest absolute Gasteiger partial charge is 0.253 e. The molecule has 24 heavy (non-hydrogen) atoms. The molecule has 0 radical (unpaired) electrons. The number of carbonyl (C=O) groups is 2. The molecule has 2 amide bonds. The molecule has 0 aliphatic heterocycles. The van der Waals surface area contributed by atoms with E-state index in [1.165, 1.54) is 0 Å². The van der Waals surface area contributed by atoms with Crippen molar-refractivity contribution in [2.45, 2.75) is 25.3 Å². The molecule has 0 bridgehead atoms. The summed E-state index contributed by atoms with van der Waals surface area (Å²) >= 11 is 1.56. The molecule has 0 atom stereocenters. The Balaban J connectivity index is 1.75. The van der Waals surface area contributed by atoms with E-state index in [0.717, 1.165) is 23.4 Å². The summed E-state index contributed by atoms with van der Waals surface area (Å²) in [6.07, 6.45) is 2.43. The minimum atomic E-state index is -0.0874. The molecule has 2 N–H and O–H groups in total. The van der Waals surface area contributed by atoms with Gasteiger partial charge in [0.05, 0.1) is 12.0 Å². The van der Waals surface area contributed by atoms with Crippen LogP contribution in [-0.2, 0) is 11.2 Å². The van der Waals surface area contributed by atoms with Gasteiger partial charge in [-0.3, -0.25) is 9.59 Å². The van der Waals surface area contributed by atoms with E-state index >= 15 is 0 Å². The molecule has 5 nitrogen and oxygen atoms in total. The third-order valence-corrected chi connectivity index (χ3v) is 4.71. The first-order valence-electron chi connectivity index (χ1n) is 7.97. The van der Waals surface area contributed by atoms with E-state index in [0.29, 0.717) is 23.7 Å². The minimum Gasteiger partial charge on any atom is -0.377 e. The number of carbonyl (C=O) groups excluding carboxylic acids is 2. The summed E-state index contributed by atoms with van der Waals surface area (Å²) in [5.74, 6) is -0.167. The van der Waals surface area contributed by atoms with E-state index in [1.807, 2.05) is 48.6 Å². The van der Waals surface area contributed by atoms with Gasteiger partial charge in [0.2, 0.25) is 5.91 Å². The third kappa shape index (κ3) is 4.14. The van der Waals surface area contributed by atoms with Crippen LogP contribution < -0.4 is 15.5 Å². The highest BCUT2D eigenvalue weighted by Crippen LogP contribution is 2.25. The molecular weight excluding hydrogens is 322 g/mol. The second kappa shape index (κ2) is 7.05. The summed E-state index contributed by atoms with van der Waals surface area (Å²) < 4.78 is 0. The number of hydrogen-bond donors (Lipinski definition) is 2. The number of anilines is 2. The molecule has 126 valence electrons. The molecular formula is C18H21N3O2S. The predicted molar refractivity (Wildman–Crippen MR) is 97.9 cm³/mol. The van der Waals surface area contributed by atoms with E-state index in [-0.39, 0.29) is 11.8 Å². The summed E-state index contributed by atoms with van der Waals surface area (Å²) in [5, 5.41) is 7.84. The van der Waals surface area contributed by atoms with Gasteiger partial charge in [0.15, 0.2) is 0 Å². The fourth-order valence-electron chi connectivity index (χ4n) is 2.45. The molecule has 1 heterocycles. The molecule has 2 aromatic rings. The average molecular weight is 343 g/mol. The Kier molecular flexibility index (Phi) is 4.85. The topological polar surface area (TPSA) is 61.4 Å². The number of rotatable bonds is 6. The maximum absolute atomic E-state index is 12.5. The van der Waals surface area contributed by atoms with Crippen LogP contribution >= 0.6 is 11.3 Å². The number of nitrogens with zero attached hydrogens (tertiary/aromatic N) is 1. The zero-order valence-electron chi connectivity index (χ0n) is 13.8. The highest BCUT2D eigenvalue weighted by Gasteiger charge is 2.25. The average Bonchev–Trinajstić information content (AvgIpc) is 3.20. The summed E-state index contributed by atoms with van der Waals surface area (Å²) in [6, 6.07) is 9.61. The molecule has 0 saturated heterocycles. The van der Waals surface area contributed by atoms with Gasteiger partial charge in [-0.15, -0.1) is 11.3 Å². The molecule has 1 fully saturated rings. The van der Waals surface area contributed by atoms with Crippen LogP contribution in [0.4, 0.5) is 11.4 Å². The van der Waals surface area contributed by atoms with Crippen molar-refractivity contribution in [1.82, 2.24) is 5.32 Å². The molecule has 0 spiro atoms.